The lowest BCUT2D eigenvalue weighted by Crippen LogP contribution is -2.61. The van der Waals surface area contributed by atoms with E-state index in [1.165, 1.54) is 33.5 Å². The van der Waals surface area contributed by atoms with Gasteiger partial charge in [-0.1, -0.05) is 6.07 Å². The van der Waals surface area contributed by atoms with Crippen LogP contribution in [0.1, 0.15) is 0 Å². The van der Waals surface area contributed by atoms with Gasteiger partial charge in [-0.05, 0) is 12.1 Å². The maximum Gasteiger partial charge on any atom is 0.229 e. The molecule has 42 heavy (non-hydrogen) atoms. The van der Waals surface area contributed by atoms with E-state index in [0.717, 1.165) is 0 Å². The number of rotatable bonds is 8. The Kier molecular flexibility index (Phi) is 8.75. The van der Waals surface area contributed by atoms with Crippen molar-refractivity contribution in [2.45, 2.75) is 55.3 Å². The van der Waals surface area contributed by atoms with Gasteiger partial charge in [0.05, 0.1) is 39.9 Å². The molecule has 0 saturated carbocycles. The number of fused-ring (bicyclic) bond motifs is 2. The van der Waals surface area contributed by atoms with Gasteiger partial charge in [-0.25, -0.2) is 0 Å². The summed E-state index contributed by atoms with van der Waals surface area (Å²) in [6.45, 7) is -0.811. The van der Waals surface area contributed by atoms with Crippen molar-refractivity contribution in [3.8, 4) is 23.0 Å². The van der Waals surface area contributed by atoms with Gasteiger partial charge in [-0.2, -0.15) is 0 Å². The van der Waals surface area contributed by atoms with Gasteiger partial charge in [-0.15, -0.1) is 0 Å². The summed E-state index contributed by atoms with van der Waals surface area (Å²) in [4.78, 5) is 13.7. The molecule has 15 nitrogen and oxygen atoms in total. The highest BCUT2D eigenvalue weighted by Gasteiger charge is 2.46. The summed E-state index contributed by atoms with van der Waals surface area (Å²) in [5, 5.41) is 61.5. The fourth-order valence-corrected chi connectivity index (χ4v) is 4.93. The maximum absolute atomic E-state index is 13.7. The number of benzene rings is 2. The zero-order valence-corrected chi connectivity index (χ0v) is 22.8. The smallest absolute Gasteiger partial charge is 0.229 e. The highest BCUT2D eigenvalue weighted by atomic mass is 16.7. The van der Waals surface area contributed by atoms with E-state index < -0.39 is 67.3 Å². The first-order valence-corrected chi connectivity index (χ1v) is 12.9. The monoisotopic (exact) mass is 596 g/mol. The Balaban J connectivity index is 1.49. The molecule has 5 rings (SSSR count). The SMILES string of the molecule is COc1cc(O[C@H]2O[C@H](CO[C@H]3OC[C@H](O)[C@@H](O)[C@H]3O)[C@H](O)[C@@H](O)[C@H]2O)c2c(=O)c3cccc(OC)c3oc2c1OC. The molecular formula is C27H32O15. The van der Waals surface area contributed by atoms with E-state index in [-0.39, 0.29) is 45.8 Å². The molecule has 9 atom stereocenters. The second-order valence-corrected chi connectivity index (χ2v) is 9.80. The summed E-state index contributed by atoms with van der Waals surface area (Å²) in [7, 11) is 4.13. The van der Waals surface area contributed by atoms with Gasteiger partial charge in [-0.3, -0.25) is 4.79 Å². The summed E-state index contributed by atoms with van der Waals surface area (Å²) in [6.07, 6.45) is -14.1. The lowest BCUT2D eigenvalue weighted by molar-refractivity contribution is -0.307. The summed E-state index contributed by atoms with van der Waals surface area (Å²) < 4.78 is 44.6. The molecule has 0 spiro atoms. The third kappa shape index (κ3) is 5.23. The zero-order valence-electron chi connectivity index (χ0n) is 22.8. The standard InChI is InChI=1S/C27H32O15/c1-35-12-6-4-5-10-17(29)16-13(7-14(36-2)24(37-3)25(16)42-23(10)12)40-27-22(34)20(32)19(31)15(41-27)9-39-26-21(33)18(30)11(28)8-38-26/h4-7,11,15,18-22,26-28,30-34H,8-9H2,1-3H3/t11-,15+,18+,19-,20+,21+,22+,26+,27-/m0/s1. The molecule has 2 aromatic carbocycles. The Morgan fingerprint density at radius 3 is 2.21 bits per heavy atom. The molecule has 6 N–H and O–H groups in total. The van der Waals surface area contributed by atoms with Crippen LogP contribution in [-0.2, 0) is 14.2 Å². The van der Waals surface area contributed by atoms with E-state index in [9.17, 15) is 35.4 Å². The van der Waals surface area contributed by atoms with Crippen molar-refractivity contribution in [1.82, 2.24) is 0 Å². The van der Waals surface area contributed by atoms with Crippen molar-refractivity contribution in [2.24, 2.45) is 0 Å². The second kappa shape index (κ2) is 12.2. The Hall–Kier alpha value is -3.25. The van der Waals surface area contributed by atoms with Gasteiger partial charge < -0.3 is 68.2 Å². The highest BCUT2D eigenvalue weighted by Crippen LogP contribution is 2.43. The maximum atomic E-state index is 13.7. The van der Waals surface area contributed by atoms with Crippen LogP contribution < -0.4 is 24.4 Å². The molecule has 0 amide bonds. The largest absolute Gasteiger partial charge is 0.493 e. The number of ether oxygens (including phenoxy) is 7. The van der Waals surface area contributed by atoms with Gasteiger partial charge in [0.15, 0.2) is 29.0 Å². The first kappa shape index (κ1) is 30.2. The average Bonchev–Trinajstić information content (AvgIpc) is 2.99. The molecular weight excluding hydrogens is 564 g/mol. The van der Waals surface area contributed by atoms with E-state index in [1.54, 1.807) is 12.1 Å². The fourth-order valence-electron chi connectivity index (χ4n) is 4.93. The molecule has 2 aliphatic heterocycles. The third-order valence-corrected chi connectivity index (χ3v) is 7.25. The minimum atomic E-state index is -1.79. The van der Waals surface area contributed by atoms with Crippen LogP contribution in [0, 0.1) is 0 Å². The number of hydrogen-bond acceptors (Lipinski definition) is 15. The minimum Gasteiger partial charge on any atom is -0.493 e. The molecule has 2 fully saturated rings. The van der Waals surface area contributed by atoms with Gasteiger partial charge in [0.25, 0.3) is 0 Å². The summed E-state index contributed by atoms with van der Waals surface area (Å²) in [5.41, 5.74) is -0.440. The van der Waals surface area contributed by atoms with Crippen LogP contribution in [-0.4, -0.2) is 120 Å². The van der Waals surface area contributed by atoms with Gasteiger partial charge in [0.2, 0.25) is 17.5 Å². The highest BCUT2D eigenvalue weighted by molar-refractivity contribution is 5.99. The fraction of sp³-hybridized carbons (Fsp3) is 0.519. The van der Waals surface area contributed by atoms with Crippen molar-refractivity contribution in [3.05, 3.63) is 34.5 Å². The first-order valence-electron chi connectivity index (χ1n) is 12.9. The van der Waals surface area contributed by atoms with Crippen molar-refractivity contribution in [1.29, 1.82) is 0 Å². The van der Waals surface area contributed by atoms with Gasteiger partial charge in [0, 0.05) is 6.07 Å². The molecule has 3 aromatic rings. The van der Waals surface area contributed by atoms with E-state index in [2.05, 4.69) is 0 Å². The summed E-state index contributed by atoms with van der Waals surface area (Å²) >= 11 is 0. The van der Waals surface area contributed by atoms with E-state index in [4.69, 9.17) is 37.6 Å². The molecule has 0 radical (unpaired) electrons. The number of aliphatic hydroxyl groups excluding tert-OH is 6. The number of para-hydroxylation sites is 1. The molecule has 15 heteroatoms. The molecule has 2 aliphatic rings. The number of methoxy groups -OCH3 is 3. The Morgan fingerprint density at radius 2 is 1.52 bits per heavy atom. The summed E-state index contributed by atoms with van der Waals surface area (Å²) in [6, 6.07) is 6.07. The van der Waals surface area contributed by atoms with E-state index >= 15 is 0 Å². The van der Waals surface area contributed by atoms with Crippen LogP contribution in [0.15, 0.2) is 33.5 Å². The van der Waals surface area contributed by atoms with Crippen LogP contribution in [0.3, 0.4) is 0 Å². The molecule has 1 aromatic heterocycles. The lowest BCUT2D eigenvalue weighted by Gasteiger charge is -2.41. The zero-order chi connectivity index (χ0) is 30.3. The lowest BCUT2D eigenvalue weighted by atomic mass is 9.99. The Morgan fingerprint density at radius 1 is 0.810 bits per heavy atom. The minimum absolute atomic E-state index is 0.0520. The number of aliphatic hydroxyl groups is 6. The first-order chi connectivity index (χ1) is 20.1. The molecule has 0 unspecified atom stereocenters. The average molecular weight is 597 g/mol. The quantitative estimate of drug-likeness (QED) is 0.165. The van der Waals surface area contributed by atoms with Crippen LogP contribution in [0.4, 0.5) is 0 Å². The van der Waals surface area contributed by atoms with Crippen LogP contribution >= 0.6 is 0 Å². The van der Waals surface area contributed by atoms with E-state index in [1.807, 2.05) is 0 Å². The van der Waals surface area contributed by atoms with Crippen molar-refractivity contribution >= 4 is 21.9 Å². The van der Waals surface area contributed by atoms with Crippen LogP contribution in [0.5, 0.6) is 23.0 Å². The van der Waals surface area contributed by atoms with Crippen molar-refractivity contribution < 1.29 is 68.2 Å². The molecule has 3 heterocycles. The topological polar surface area (TPSA) is 216 Å². The van der Waals surface area contributed by atoms with Crippen molar-refractivity contribution in [3.63, 3.8) is 0 Å². The predicted molar refractivity (Wildman–Crippen MR) is 141 cm³/mol. The predicted octanol–water partition coefficient (Wildman–Crippen LogP) is -1.39. The van der Waals surface area contributed by atoms with E-state index in [0.29, 0.717) is 5.75 Å². The molecule has 230 valence electrons. The second-order valence-electron chi connectivity index (χ2n) is 9.80. The molecule has 0 aliphatic carbocycles. The Labute approximate surface area is 237 Å². The molecule has 2 saturated heterocycles. The molecule has 0 bridgehead atoms. The Bertz CT molecular complexity index is 1470. The van der Waals surface area contributed by atoms with Gasteiger partial charge >= 0.3 is 0 Å². The third-order valence-electron chi connectivity index (χ3n) is 7.25. The van der Waals surface area contributed by atoms with Crippen LogP contribution in [0.2, 0.25) is 0 Å². The normalized spacial score (nSPS) is 31.7. The summed E-state index contributed by atoms with van der Waals surface area (Å²) in [5.74, 6) is 0.317. The number of hydrogen-bond donors (Lipinski definition) is 6. The van der Waals surface area contributed by atoms with Gasteiger partial charge in [0.1, 0.15) is 53.9 Å². The van der Waals surface area contributed by atoms with Crippen molar-refractivity contribution in [2.75, 3.05) is 34.5 Å². The van der Waals surface area contributed by atoms with Crippen LogP contribution in [0.25, 0.3) is 21.9 Å².